The first kappa shape index (κ1) is 12.8. The lowest BCUT2D eigenvalue weighted by atomic mass is 10.0. The van der Waals surface area contributed by atoms with Crippen molar-refractivity contribution in [3.05, 3.63) is 54.1 Å². The van der Waals surface area contributed by atoms with E-state index in [2.05, 4.69) is 59.0 Å². The number of nitrogens with zero attached hydrogens (tertiary/aromatic N) is 2. The second kappa shape index (κ2) is 5.36. The van der Waals surface area contributed by atoms with Crippen molar-refractivity contribution in [3.63, 3.8) is 0 Å². The monoisotopic (exact) mass is 243 g/mol. The first-order valence-electron chi connectivity index (χ1n) is 6.37. The van der Waals surface area contributed by atoms with Crippen molar-refractivity contribution < 1.29 is 0 Å². The zero-order valence-corrected chi connectivity index (χ0v) is 11.4. The Balaban J connectivity index is 2.09. The molecule has 3 heteroatoms. The van der Waals surface area contributed by atoms with Gasteiger partial charge >= 0.3 is 0 Å². The minimum atomic E-state index is -0.0484. The van der Waals surface area contributed by atoms with E-state index in [1.807, 2.05) is 19.6 Å². The Morgan fingerprint density at radius 3 is 2.61 bits per heavy atom. The van der Waals surface area contributed by atoms with Crippen LogP contribution in [0.2, 0.25) is 0 Å². The summed E-state index contributed by atoms with van der Waals surface area (Å²) in [4.78, 5) is 4.27. The van der Waals surface area contributed by atoms with Crippen LogP contribution in [0.3, 0.4) is 0 Å². The van der Waals surface area contributed by atoms with E-state index in [1.165, 1.54) is 11.3 Å². The van der Waals surface area contributed by atoms with Crippen LogP contribution in [0.15, 0.2) is 42.9 Å². The summed E-state index contributed by atoms with van der Waals surface area (Å²) in [5.41, 5.74) is 2.54. The highest BCUT2D eigenvalue weighted by molar-refractivity contribution is 5.16. The average molecular weight is 243 g/mol. The Morgan fingerprint density at radius 2 is 1.94 bits per heavy atom. The molecule has 18 heavy (non-hydrogen) atoms. The van der Waals surface area contributed by atoms with Crippen LogP contribution >= 0.6 is 0 Å². The molecule has 96 valence electrons. The molecular formula is C15H21N3. The van der Waals surface area contributed by atoms with Gasteiger partial charge in [-0.2, -0.15) is 0 Å². The maximum atomic E-state index is 4.27. The van der Waals surface area contributed by atoms with Crippen LogP contribution in [0.25, 0.3) is 0 Å². The van der Waals surface area contributed by atoms with Gasteiger partial charge in [-0.15, -0.1) is 0 Å². The number of rotatable bonds is 5. The van der Waals surface area contributed by atoms with Crippen molar-refractivity contribution >= 4 is 0 Å². The predicted octanol–water partition coefficient (Wildman–Crippen LogP) is 2.58. The maximum absolute atomic E-state index is 4.27. The second-order valence-corrected chi connectivity index (χ2v) is 5.08. The van der Waals surface area contributed by atoms with Gasteiger partial charge < -0.3 is 9.88 Å². The number of nitrogens with one attached hydrogen (secondary N) is 1. The Bertz CT molecular complexity index is 485. The number of hydrogen-bond acceptors (Lipinski definition) is 2. The Morgan fingerprint density at radius 1 is 1.22 bits per heavy atom. The molecule has 0 amide bonds. The fourth-order valence-electron chi connectivity index (χ4n) is 2.04. The number of aryl methyl sites for hydroxylation is 2. The third kappa shape index (κ3) is 2.79. The van der Waals surface area contributed by atoms with Crippen LogP contribution in [0, 0.1) is 0 Å². The van der Waals surface area contributed by atoms with E-state index < -0.39 is 0 Å². The van der Waals surface area contributed by atoms with Gasteiger partial charge in [0.25, 0.3) is 0 Å². The molecule has 2 aromatic rings. The van der Waals surface area contributed by atoms with E-state index in [9.17, 15) is 0 Å². The third-order valence-corrected chi connectivity index (χ3v) is 3.46. The average Bonchev–Trinajstić information content (AvgIpc) is 2.87. The minimum Gasteiger partial charge on any atom is -0.333 e. The molecule has 0 spiro atoms. The normalized spacial score (nSPS) is 11.7. The second-order valence-electron chi connectivity index (χ2n) is 5.08. The molecule has 0 saturated carbocycles. The van der Waals surface area contributed by atoms with E-state index >= 15 is 0 Å². The summed E-state index contributed by atoms with van der Waals surface area (Å²) in [6, 6.07) is 10.6. The fourth-order valence-corrected chi connectivity index (χ4v) is 2.04. The lowest BCUT2D eigenvalue weighted by Crippen LogP contribution is -2.35. The van der Waals surface area contributed by atoms with Crippen LogP contribution in [-0.2, 0) is 18.5 Å². The topological polar surface area (TPSA) is 29.9 Å². The highest BCUT2D eigenvalue weighted by Crippen LogP contribution is 2.19. The Hall–Kier alpha value is -1.61. The molecule has 0 aliphatic heterocycles. The van der Waals surface area contributed by atoms with Crippen molar-refractivity contribution in [3.8, 4) is 0 Å². The highest BCUT2D eigenvalue weighted by atomic mass is 15.1. The molecule has 1 heterocycles. The van der Waals surface area contributed by atoms with Gasteiger partial charge in [0, 0.05) is 12.7 Å². The summed E-state index contributed by atoms with van der Waals surface area (Å²) in [6.07, 6.45) is 4.89. The van der Waals surface area contributed by atoms with Crippen molar-refractivity contribution in [2.24, 2.45) is 0 Å². The zero-order valence-electron chi connectivity index (χ0n) is 11.4. The van der Waals surface area contributed by atoms with Gasteiger partial charge in [0.05, 0.1) is 17.6 Å². The van der Waals surface area contributed by atoms with Gasteiger partial charge in [-0.25, -0.2) is 4.98 Å². The van der Waals surface area contributed by atoms with Crippen molar-refractivity contribution in [1.82, 2.24) is 14.9 Å². The quantitative estimate of drug-likeness (QED) is 0.874. The summed E-state index contributed by atoms with van der Waals surface area (Å²) in [6.45, 7) is 5.30. The first-order chi connectivity index (χ1) is 8.63. The molecule has 0 saturated heterocycles. The van der Waals surface area contributed by atoms with Gasteiger partial charge in [0.2, 0.25) is 0 Å². The molecular weight excluding hydrogens is 222 g/mol. The van der Waals surface area contributed by atoms with Gasteiger partial charge in [-0.3, -0.25) is 0 Å². The molecule has 2 rings (SSSR count). The maximum Gasteiger partial charge on any atom is 0.0948 e. The molecule has 0 aliphatic carbocycles. The van der Waals surface area contributed by atoms with Crippen LogP contribution < -0.4 is 5.32 Å². The fraction of sp³-hybridized carbons (Fsp3) is 0.400. The smallest absolute Gasteiger partial charge is 0.0948 e. The van der Waals surface area contributed by atoms with Crippen LogP contribution in [0.1, 0.15) is 25.1 Å². The van der Waals surface area contributed by atoms with Gasteiger partial charge in [-0.1, -0.05) is 30.3 Å². The Kier molecular flexibility index (Phi) is 3.82. The van der Waals surface area contributed by atoms with Crippen LogP contribution in [0.4, 0.5) is 0 Å². The van der Waals surface area contributed by atoms with Gasteiger partial charge in [-0.05, 0) is 32.9 Å². The minimum absolute atomic E-state index is 0.0484. The number of imidazole rings is 1. The van der Waals surface area contributed by atoms with E-state index in [4.69, 9.17) is 0 Å². The summed E-state index contributed by atoms with van der Waals surface area (Å²) in [5, 5.41) is 3.32. The van der Waals surface area contributed by atoms with E-state index in [0.717, 1.165) is 13.0 Å². The number of aromatic nitrogens is 2. The number of benzene rings is 1. The summed E-state index contributed by atoms with van der Waals surface area (Å²) in [5.74, 6) is 0. The molecule has 0 radical (unpaired) electrons. The summed E-state index contributed by atoms with van der Waals surface area (Å²) < 4.78 is 2.23. The van der Waals surface area contributed by atoms with Gasteiger partial charge in [0.1, 0.15) is 0 Å². The van der Waals surface area contributed by atoms with Crippen molar-refractivity contribution in [1.29, 1.82) is 0 Å². The van der Waals surface area contributed by atoms with Crippen LogP contribution in [-0.4, -0.2) is 16.6 Å². The zero-order chi connectivity index (χ0) is 13.0. The standard InChI is InChI=1S/C15H21N3/c1-15(2,16-3)14-11-17-12-18(14)10-9-13-7-5-4-6-8-13/h4-8,11-12,16H,9-10H2,1-3H3. The molecule has 0 aliphatic rings. The van der Waals surface area contributed by atoms with E-state index in [0.29, 0.717) is 0 Å². The largest absolute Gasteiger partial charge is 0.333 e. The molecule has 3 nitrogen and oxygen atoms in total. The molecule has 1 aromatic heterocycles. The highest BCUT2D eigenvalue weighted by Gasteiger charge is 2.21. The SMILES string of the molecule is CNC(C)(C)c1cncn1CCc1ccccc1. The molecule has 0 fully saturated rings. The lowest BCUT2D eigenvalue weighted by molar-refractivity contribution is 0.408. The van der Waals surface area contributed by atoms with Crippen molar-refractivity contribution in [2.45, 2.75) is 32.4 Å². The van der Waals surface area contributed by atoms with E-state index in [1.54, 1.807) is 0 Å². The Labute approximate surface area is 109 Å². The van der Waals surface area contributed by atoms with Crippen molar-refractivity contribution in [2.75, 3.05) is 7.05 Å². The summed E-state index contributed by atoms with van der Waals surface area (Å²) in [7, 11) is 1.98. The molecule has 0 bridgehead atoms. The van der Waals surface area contributed by atoms with E-state index in [-0.39, 0.29) is 5.54 Å². The van der Waals surface area contributed by atoms with Gasteiger partial charge in [0.15, 0.2) is 0 Å². The molecule has 0 atom stereocenters. The first-order valence-corrected chi connectivity index (χ1v) is 6.37. The third-order valence-electron chi connectivity index (χ3n) is 3.46. The lowest BCUT2D eigenvalue weighted by Gasteiger charge is -2.25. The molecule has 1 N–H and O–H groups in total. The summed E-state index contributed by atoms with van der Waals surface area (Å²) >= 11 is 0. The predicted molar refractivity (Wildman–Crippen MR) is 74.5 cm³/mol. The molecule has 0 unspecified atom stereocenters. The van der Waals surface area contributed by atoms with Crippen LogP contribution in [0.5, 0.6) is 0 Å². The molecule has 1 aromatic carbocycles. The number of hydrogen-bond donors (Lipinski definition) is 1.